The fourth-order valence-electron chi connectivity index (χ4n) is 4.18. The Morgan fingerprint density at radius 2 is 1.81 bits per heavy atom. The number of likely N-dealkylation sites (tertiary alicyclic amines) is 1. The van der Waals surface area contributed by atoms with E-state index in [4.69, 9.17) is 17.3 Å². The highest BCUT2D eigenvalue weighted by atomic mass is 35.5. The minimum absolute atomic E-state index is 0.113. The standard InChI is InChI=1S/C22H23ClF3N3O3/c1-28(2)19(30)21(11-5-6-12-29(21)20(27)31)14-9-10-15(17(23)13-14)16-7-3-4-8-18(16)32-22(24,25)26/h3-4,7-10,13H,5-6,11-12H2,1-2H3,(H2,27,31). The molecule has 1 unspecified atom stereocenters. The average Bonchev–Trinajstić information content (AvgIpc) is 2.72. The molecule has 1 heterocycles. The molecule has 172 valence electrons. The van der Waals surface area contributed by atoms with Gasteiger partial charge < -0.3 is 20.3 Å². The number of urea groups is 1. The van der Waals surface area contributed by atoms with E-state index in [0.717, 1.165) is 0 Å². The van der Waals surface area contributed by atoms with Gasteiger partial charge in [-0.3, -0.25) is 4.79 Å². The number of halogens is 4. The van der Waals surface area contributed by atoms with E-state index in [1.54, 1.807) is 26.2 Å². The minimum Gasteiger partial charge on any atom is -0.405 e. The Morgan fingerprint density at radius 1 is 1.12 bits per heavy atom. The second kappa shape index (κ2) is 8.90. The van der Waals surface area contributed by atoms with E-state index in [2.05, 4.69) is 4.74 Å². The van der Waals surface area contributed by atoms with E-state index in [0.29, 0.717) is 36.9 Å². The van der Waals surface area contributed by atoms with Crippen LogP contribution in [0.3, 0.4) is 0 Å². The molecule has 6 nitrogen and oxygen atoms in total. The molecule has 2 N–H and O–H groups in total. The van der Waals surface area contributed by atoms with E-state index in [9.17, 15) is 22.8 Å². The third-order valence-electron chi connectivity index (χ3n) is 5.51. The van der Waals surface area contributed by atoms with Gasteiger partial charge in [0.2, 0.25) is 0 Å². The van der Waals surface area contributed by atoms with Crippen LogP contribution in [-0.4, -0.2) is 48.7 Å². The van der Waals surface area contributed by atoms with Crippen molar-refractivity contribution in [3.63, 3.8) is 0 Å². The van der Waals surface area contributed by atoms with Crippen molar-refractivity contribution in [3.05, 3.63) is 53.1 Å². The normalized spacial score (nSPS) is 18.9. The van der Waals surface area contributed by atoms with Crippen LogP contribution in [0.15, 0.2) is 42.5 Å². The Hall–Kier alpha value is -2.94. The number of carbonyl (C=O) groups is 2. The highest BCUT2D eigenvalue weighted by Crippen LogP contribution is 2.43. The van der Waals surface area contributed by atoms with Crippen molar-refractivity contribution in [3.8, 4) is 16.9 Å². The molecular formula is C22H23ClF3N3O3. The number of nitrogens with zero attached hydrogens (tertiary/aromatic N) is 2. The summed E-state index contributed by atoms with van der Waals surface area (Å²) in [5.41, 5.74) is 5.15. The maximum absolute atomic E-state index is 13.3. The number of rotatable bonds is 4. The van der Waals surface area contributed by atoms with Gasteiger partial charge in [-0.2, -0.15) is 0 Å². The number of nitrogens with two attached hydrogens (primary N) is 1. The lowest BCUT2D eigenvalue weighted by atomic mass is 9.78. The van der Waals surface area contributed by atoms with Crippen LogP contribution in [0.4, 0.5) is 18.0 Å². The van der Waals surface area contributed by atoms with Crippen molar-refractivity contribution in [2.75, 3.05) is 20.6 Å². The van der Waals surface area contributed by atoms with Crippen LogP contribution in [0, 0.1) is 0 Å². The Kier molecular flexibility index (Phi) is 6.59. The molecular weight excluding hydrogens is 447 g/mol. The smallest absolute Gasteiger partial charge is 0.405 e. The third kappa shape index (κ3) is 4.48. The molecule has 10 heteroatoms. The predicted octanol–water partition coefficient (Wildman–Crippen LogP) is 4.75. The molecule has 2 aromatic carbocycles. The van der Waals surface area contributed by atoms with Crippen molar-refractivity contribution in [1.29, 1.82) is 0 Å². The lowest BCUT2D eigenvalue weighted by molar-refractivity contribution is -0.274. The molecule has 0 radical (unpaired) electrons. The van der Waals surface area contributed by atoms with Crippen LogP contribution in [-0.2, 0) is 10.3 Å². The number of carbonyl (C=O) groups excluding carboxylic acids is 2. The number of ether oxygens (including phenoxy) is 1. The first kappa shape index (κ1) is 23.7. The van der Waals surface area contributed by atoms with Gasteiger partial charge in [-0.1, -0.05) is 41.9 Å². The highest BCUT2D eigenvalue weighted by Gasteiger charge is 2.49. The summed E-state index contributed by atoms with van der Waals surface area (Å²) in [5.74, 6) is -0.731. The van der Waals surface area contributed by atoms with Gasteiger partial charge in [-0.05, 0) is 37.0 Å². The number of primary amides is 1. The molecule has 0 aromatic heterocycles. The van der Waals surface area contributed by atoms with Crippen molar-refractivity contribution in [2.45, 2.75) is 31.2 Å². The van der Waals surface area contributed by atoms with Crippen molar-refractivity contribution < 1.29 is 27.5 Å². The summed E-state index contributed by atoms with van der Waals surface area (Å²) in [6.07, 6.45) is -3.14. The summed E-state index contributed by atoms with van der Waals surface area (Å²) in [5, 5.41) is 0.113. The zero-order valence-corrected chi connectivity index (χ0v) is 18.3. The van der Waals surface area contributed by atoms with E-state index in [-0.39, 0.29) is 16.5 Å². The number of likely N-dealkylation sites (N-methyl/N-ethyl adjacent to an activating group) is 1. The SMILES string of the molecule is CN(C)C(=O)C1(c2ccc(-c3ccccc3OC(F)(F)F)c(Cl)c2)CCCCN1C(N)=O. The Balaban J connectivity index is 2.14. The lowest BCUT2D eigenvalue weighted by Crippen LogP contribution is -2.61. The second-order valence-corrected chi connectivity index (χ2v) is 8.15. The molecule has 1 fully saturated rings. The largest absolute Gasteiger partial charge is 0.573 e. The molecule has 0 spiro atoms. The first-order chi connectivity index (χ1) is 15.0. The van der Waals surface area contributed by atoms with Crippen LogP contribution in [0.2, 0.25) is 5.02 Å². The van der Waals surface area contributed by atoms with E-state index < -0.39 is 23.7 Å². The Labute approximate surface area is 188 Å². The highest BCUT2D eigenvalue weighted by molar-refractivity contribution is 6.33. The summed E-state index contributed by atoms with van der Waals surface area (Å²) >= 11 is 6.50. The molecule has 0 saturated carbocycles. The molecule has 1 aliphatic rings. The zero-order chi connectivity index (χ0) is 23.7. The molecule has 0 bridgehead atoms. The monoisotopic (exact) mass is 469 g/mol. The number of hydrogen-bond donors (Lipinski definition) is 1. The lowest BCUT2D eigenvalue weighted by Gasteiger charge is -2.46. The zero-order valence-electron chi connectivity index (χ0n) is 17.6. The summed E-state index contributed by atoms with van der Waals surface area (Å²) in [6.45, 7) is 0.302. The predicted molar refractivity (Wildman–Crippen MR) is 114 cm³/mol. The molecule has 1 aliphatic heterocycles. The van der Waals surface area contributed by atoms with Gasteiger partial charge in [0.25, 0.3) is 5.91 Å². The minimum atomic E-state index is -4.87. The topological polar surface area (TPSA) is 75.9 Å². The van der Waals surface area contributed by atoms with Crippen LogP contribution in [0.5, 0.6) is 5.75 Å². The quantitative estimate of drug-likeness (QED) is 0.701. The number of amides is 3. The molecule has 2 aromatic rings. The Bertz CT molecular complexity index is 1030. The van der Waals surface area contributed by atoms with Crippen LogP contribution < -0.4 is 10.5 Å². The maximum Gasteiger partial charge on any atom is 0.573 e. The molecule has 1 saturated heterocycles. The van der Waals surface area contributed by atoms with Crippen molar-refractivity contribution in [1.82, 2.24) is 9.80 Å². The summed E-state index contributed by atoms with van der Waals surface area (Å²) in [7, 11) is 3.16. The van der Waals surface area contributed by atoms with Crippen LogP contribution in [0.1, 0.15) is 24.8 Å². The summed E-state index contributed by atoms with van der Waals surface area (Å²) < 4.78 is 42.6. The average molecular weight is 470 g/mol. The third-order valence-corrected chi connectivity index (χ3v) is 5.82. The van der Waals surface area contributed by atoms with Gasteiger partial charge in [0.15, 0.2) is 0 Å². The number of alkyl halides is 3. The fourth-order valence-corrected chi connectivity index (χ4v) is 4.47. The van der Waals surface area contributed by atoms with Crippen molar-refractivity contribution >= 4 is 23.5 Å². The van der Waals surface area contributed by atoms with Gasteiger partial charge in [0.1, 0.15) is 11.3 Å². The van der Waals surface area contributed by atoms with Crippen LogP contribution >= 0.6 is 11.6 Å². The maximum atomic E-state index is 13.3. The summed E-state index contributed by atoms with van der Waals surface area (Å²) in [4.78, 5) is 28.3. The molecule has 0 aliphatic carbocycles. The van der Waals surface area contributed by atoms with Gasteiger partial charge in [-0.25, -0.2) is 4.79 Å². The fraction of sp³-hybridized carbons (Fsp3) is 0.364. The van der Waals surface area contributed by atoms with E-state index >= 15 is 0 Å². The number of hydrogen-bond acceptors (Lipinski definition) is 3. The van der Waals surface area contributed by atoms with Crippen LogP contribution in [0.25, 0.3) is 11.1 Å². The molecule has 1 atom stereocenters. The van der Waals surface area contributed by atoms with Gasteiger partial charge in [0, 0.05) is 36.8 Å². The Morgan fingerprint density at radius 3 is 2.41 bits per heavy atom. The molecule has 3 rings (SSSR count). The summed E-state index contributed by atoms with van der Waals surface area (Å²) in [6, 6.07) is 9.52. The number of piperidine rings is 1. The van der Waals surface area contributed by atoms with E-state index in [1.165, 1.54) is 40.1 Å². The van der Waals surface area contributed by atoms with E-state index in [1.807, 2.05) is 0 Å². The molecule has 3 amide bonds. The van der Waals surface area contributed by atoms with Gasteiger partial charge in [-0.15, -0.1) is 13.2 Å². The second-order valence-electron chi connectivity index (χ2n) is 7.75. The van der Waals surface area contributed by atoms with Gasteiger partial charge >= 0.3 is 12.4 Å². The molecule has 32 heavy (non-hydrogen) atoms. The van der Waals surface area contributed by atoms with Crippen molar-refractivity contribution in [2.24, 2.45) is 5.73 Å². The first-order valence-electron chi connectivity index (χ1n) is 9.91. The number of benzene rings is 2. The first-order valence-corrected chi connectivity index (χ1v) is 10.3. The van der Waals surface area contributed by atoms with Gasteiger partial charge in [0.05, 0.1) is 0 Å². The number of para-hydroxylation sites is 1.